The molecule has 2 aromatic rings. The summed E-state index contributed by atoms with van der Waals surface area (Å²) in [6.07, 6.45) is 1.07. The monoisotopic (exact) mass is 341 g/mol. The summed E-state index contributed by atoms with van der Waals surface area (Å²) in [5.41, 5.74) is 3.00. The Hall–Kier alpha value is -2.24. The fourth-order valence-electron chi connectivity index (χ4n) is 3.00. The van der Waals surface area contributed by atoms with E-state index >= 15 is 0 Å². The van der Waals surface area contributed by atoms with Crippen LogP contribution < -0.4 is 9.64 Å². The molecule has 2 aromatic heterocycles. The molecule has 6 nitrogen and oxygen atoms in total. The second-order valence-corrected chi connectivity index (χ2v) is 7.87. The Morgan fingerprint density at radius 2 is 1.84 bits per heavy atom. The molecule has 3 heterocycles. The molecule has 1 fully saturated rings. The highest BCUT2D eigenvalue weighted by atomic mass is 16.5. The average Bonchev–Trinajstić information content (AvgIpc) is 3.00. The number of aromatic nitrogens is 4. The van der Waals surface area contributed by atoms with Crippen LogP contribution in [0.4, 0.5) is 5.95 Å². The van der Waals surface area contributed by atoms with Crippen molar-refractivity contribution in [3.8, 4) is 5.88 Å². The van der Waals surface area contributed by atoms with Gasteiger partial charge in [-0.3, -0.25) is 0 Å². The molecular weight excluding hydrogens is 314 g/mol. The molecule has 6 heteroatoms. The number of anilines is 1. The van der Waals surface area contributed by atoms with Gasteiger partial charge in [0.1, 0.15) is 0 Å². The van der Waals surface area contributed by atoms with E-state index in [4.69, 9.17) is 4.74 Å². The minimum atomic E-state index is 0.00340. The minimum absolute atomic E-state index is 0.00340. The zero-order valence-corrected chi connectivity index (χ0v) is 15.8. The summed E-state index contributed by atoms with van der Waals surface area (Å²) in [4.78, 5) is 11.3. The fourth-order valence-corrected chi connectivity index (χ4v) is 3.00. The molecular formula is C19H27N5O. The normalized spacial score (nSPS) is 17.8. The lowest BCUT2D eigenvalue weighted by Gasteiger charge is -2.18. The van der Waals surface area contributed by atoms with E-state index in [2.05, 4.69) is 45.8 Å². The molecule has 0 N–H and O–H groups in total. The Bertz CT molecular complexity index is 703. The maximum Gasteiger partial charge on any atom is 0.233 e. The van der Waals surface area contributed by atoms with E-state index in [1.807, 2.05) is 32.0 Å². The first kappa shape index (κ1) is 17.6. The lowest BCUT2D eigenvalue weighted by atomic mass is 9.92. The Morgan fingerprint density at radius 3 is 2.44 bits per heavy atom. The predicted octanol–water partition coefficient (Wildman–Crippen LogP) is 3.09. The van der Waals surface area contributed by atoms with Gasteiger partial charge in [0.05, 0.1) is 12.3 Å². The first-order valence-corrected chi connectivity index (χ1v) is 8.85. The summed E-state index contributed by atoms with van der Waals surface area (Å²) in [5.74, 6) is 1.87. The van der Waals surface area contributed by atoms with Gasteiger partial charge in [-0.1, -0.05) is 20.8 Å². The molecule has 1 saturated heterocycles. The van der Waals surface area contributed by atoms with E-state index in [-0.39, 0.29) is 5.41 Å². The van der Waals surface area contributed by atoms with E-state index in [9.17, 15) is 0 Å². The molecule has 1 atom stereocenters. The van der Waals surface area contributed by atoms with Crippen LogP contribution >= 0.6 is 0 Å². The van der Waals surface area contributed by atoms with Crippen molar-refractivity contribution in [1.82, 2.24) is 20.2 Å². The maximum atomic E-state index is 5.85. The third-order valence-corrected chi connectivity index (χ3v) is 4.41. The SMILES string of the molecule is Cc1cc(C)nc(N2CCC(COc3ccc(C(C)(C)C)nn3)C2)n1. The highest BCUT2D eigenvalue weighted by molar-refractivity contribution is 5.33. The molecule has 0 amide bonds. The molecule has 134 valence electrons. The number of ether oxygens (including phenoxy) is 1. The van der Waals surface area contributed by atoms with Crippen LogP contribution in [0.3, 0.4) is 0 Å². The highest BCUT2D eigenvalue weighted by Gasteiger charge is 2.25. The molecule has 0 radical (unpaired) electrons. The summed E-state index contributed by atoms with van der Waals surface area (Å²) < 4.78 is 5.85. The van der Waals surface area contributed by atoms with Gasteiger partial charge in [0, 0.05) is 41.9 Å². The van der Waals surface area contributed by atoms with Crippen LogP contribution in [0.1, 0.15) is 44.3 Å². The summed E-state index contributed by atoms with van der Waals surface area (Å²) in [6.45, 7) is 12.9. The zero-order chi connectivity index (χ0) is 18.0. The number of rotatable bonds is 4. The smallest absolute Gasteiger partial charge is 0.233 e. The van der Waals surface area contributed by atoms with Crippen LogP contribution in [0, 0.1) is 19.8 Å². The molecule has 0 aromatic carbocycles. The predicted molar refractivity (Wildman–Crippen MR) is 98.1 cm³/mol. The highest BCUT2D eigenvalue weighted by Crippen LogP contribution is 2.23. The van der Waals surface area contributed by atoms with Gasteiger partial charge in [-0.05, 0) is 32.4 Å². The van der Waals surface area contributed by atoms with Crippen molar-refractivity contribution in [2.24, 2.45) is 5.92 Å². The van der Waals surface area contributed by atoms with Crippen molar-refractivity contribution < 1.29 is 4.74 Å². The summed E-state index contributed by atoms with van der Waals surface area (Å²) in [6, 6.07) is 5.90. The second kappa shape index (κ2) is 6.94. The van der Waals surface area contributed by atoms with Crippen LogP contribution in [0.5, 0.6) is 5.88 Å². The lowest BCUT2D eigenvalue weighted by Crippen LogP contribution is -2.24. The second-order valence-electron chi connectivity index (χ2n) is 7.87. The average molecular weight is 341 g/mol. The Kier molecular flexibility index (Phi) is 4.88. The molecule has 1 aliphatic rings. The van der Waals surface area contributed by atoms with Crippen molar-refractivity contribution in [1.29, 1.82) is 0 Å². The molecule has 25 heavy (non-hydrogen) atoms. The topological polar surface area (TPSA) is 64.0 Å². The molecule has 1 aliphatic heterocycles. The van der Waals surface area contributed by atoms with E-state index in [1.54, 1.807) is 0 Å². The third-order valence-electron chi connectivity index (χ3n) is 4.41. The van der Waals surface area contributed by atoms with Gasteiger partial charge >= 0.3 is 0 Å². The summed E-state index contributed by atoms with van der Waals surface area (Å²) >= 11 is 0. The van der Waals surface area contributed by atoms with E-state index < -0.39 is 0 Å². The number of hydrogen-bond donors (Lipinski definition) is 0. The van der Waals surface area contributed by atoms with Crippen molar-refractivity contribution in [3.05, 3.63) is 35.3 Å². The largest absolute Gasteiger partial charge is 0.476 e. The fraction of sp³-hybridized carbons (Fsp3) is 0.579. The Balaban J connectivity index is 1.55. The van der Waals surface area contributed by atoms with E-state index in [0.29, 0.717) is 18.4 Å². The molecule has 0 aliphatic carbocycles. The summed E-state index contributed by atoms with van der Waals surface area (Å²) in [5, 5.41) is 8.47. The lowest BCUT2D eigenvalue weighted by molar-refractivity contribution is 0.249. The first-order chi connectivity index (χ1) is 11.8. The quantitative estimate of drug-likeness (QED) is 0.851. The molecule has 1 unspecified atom stereocenters. The van der Waals surface area contributed by atoms with Crippen molar-refractivity contribution in [2.45, 2.75) is 46.5 Å². The van der Waals surface area contributed by atoms with Crippen molar-refractivity contribution >= 4 is 5.95 Å². The van der Waals surface area contributed by atoms with Gasteiger partial charge in [0.2, 0.25) is 11.8 Å². The Morgan fingerprint density at radius 1 is 1.12 bits per heavy atom. The zero-order valence-electron chi connectivity index (χ0n) is 15.8. The van der Waals surface area contributed by atoms with E-state index in [1.165, 1.54) is 0 Å². The van der Waals surface area contributed by atoms with Gasteiger partial charge in [-0.15, -0.1) is 5.10 Å². The Labute approximate surface area is 149 Å². The van der Waals surface area contributed by atoms with Gasteiger partial charge in [0.15, 0.2) is 0 Å². The molecule has 0 spiro atoms. The molecule has 0 saturated carbocycles. The van der Waals surface area contributed by atoms with Crippen LogP contribution in [0.15, 0.2) is 18.2 Å². The van der Waals surface area contributed by atoms with Crippen LogP contribution in [-0.4, -0.2) is 39.9 Å². The first-order valence-electron chi connectivity index (χ1n) is 8.85. The van der Waals surface area contributed by atoms with Gasteiger partial charge in [-0.2, -0.15) is 5.10 Å². The number of hydrogen-bond acceptors (Lipinski definition) is 6. The van der Waals surface area contributed by atoms with Crippen LogP contribution in [0.25, 0.3) is 0 Å². The van der Waals surface area contributed by atoms with Gasteiger partial charge in [-0.25, -0.2) is 9.97 Å². The molecule has 0 bridgehead atoms. The number of aryl methyl sites for hydroxylation is 2. The van der Waals surface area contributed by atoms with E-state index in [0.717, 1.165) is 42.5 Å². The minimum Gasteiger partial charge on any atom is -0.476 e. The van der Waals surface area contributed by atoms with Gasteiger partial charge < -0.3 is 9.64 Å². The van der Waals surface area contributed by atoms with Crippen molar-refractivity contribution in [3.63, 3.8) is 0 Å². The van der Waals surface area contributed by atoms with Crippen LogP contribution in [0.2, 0.25) is 0 Å². The van der Waals surface area contributed by atoms with Crippen LogP contribution in [-0.2, 0) is 5.41 Å². The molecule has 3 rings (SSSR count). The summed E-state index contributed by atoms with van der Waals surface area (Å²) in [7, 11) is 0. The maximum absolute atomic E-state index is 5.85. The van der Waals surface area contributed by atoms with Crippen molar-refractivity contribution in [2.75, 3.05) is 24.6 Å². The van der Waals surface area contributed by atoms with Gasteiger partial charge in [0.25, 0.3) is 0 Å². The third kappa shape index (κ3) is 4.44. The standard InChI is InChI=1S/C19H27N5O/c1-13-10-14(2)21-18(20-13)24-9-8-15(11-24)12-25-17-7-6-16(22-23-17)19(3,4)5/h6-7,10,15H,8-9,11-12H2,1-5H3. The number of nitrogens with zero attached hydrogens (tertiary/aromatic N) is 5.